The molecule has 146 valence electrons. The summed E-state index contributed by atoms with van der Waals surface area (Å²) in [5.41, 5.74) is 6.51. The smallest absolute Gasteiger partial charge is 0.224 e. The molecule has 2 aromatic rings. The van der Waals surface area contributed by atoms with E-state index in [2.05, 4.69) is 28.4 Å². The Bertz CT molecular complexity index is 897. The van der Waals surface area contributed by atoms with Crippen molar-refractivity contribution in [2.45, 2.75) is 51.9 Å². The van der Waals surface area contributed by atoms with Crippen LogP contribution >= 0.6 is 0 Å². The van der Waals surface area contributed by atoms with E-state index in [9.17, 15) is 9.59 Å². The van der Waals surface area contributed by atoms with Crippen LogP contribution in [0.5, 0.6) is 0 Å². The van der Waals surface area contributed by atoms with Crippen LogP contribution in [0.3, 0.4) is 0 Å². The molecule has 0 unspecified atom stereocenters. The van der Waals surface area contributed by atoms with Crippen molar-refractivity contribution in [1.82, 2.24) is 0 Å². The highest BCUT2D eigenvalue weighted by molar-refractivity contribution is 6.00. The van der Waals surface area contributed by atoms with Crippen LogP contribution in [-0.2, 0) is 17.6 Å². The number of hydrogen-bond acceptors (Lipinski definition) is 3. The molecule has 2 aliphatic rings. The maximum absolute atomic E-state index is 12.5. The van der Waals surface area contributed by atoms with Gasteiger partial charge in [-0.3, -0.25) is 9.59 Å². The molecule has 0 saturated carbocycles. The van der Waals surface area contributed by atoms with Crippen LogP contribution in [0.2, 0.25) is 0 Å². The van der Waals surface area contributed by atoms with Crippen molar-refractivity contribution in [2.24, 2.45) is 0 Å². The van der Waals surface area contributed by atoms with E-state index in [1.807, 2.05) is 25.1 Å². The molecule has 1 saturated heterocycles. The van der Waals surface area contributed by atoms with Crippen LogP contribution in [0.15, 0.2) is 36.4 Å². The number of ketones is 1. The number of nitrogens with one attached hydrogen (secondary N) is 1. The van der Waals surface area contributed by atoms with Gasteiger partial charge in [0.05, 0.1) is 0 Å². The molecular formula is C24H28N2O2. The third-order valence-corrected chi connectivity index (χ3v) is 5.95. The van der Waals surface area contributed by atoms with E-state index in [1.54, 1.807) is 0 Å². The lowest BCUT2D eigenvalue weighted by Gasteiger charge is -2.19. The maximum atomic E-state index is 12.5. The largest absolute Gasteiger partial charge is 0.372 e. The van der Waals surface area contributed by atoms with Crippen molar-refractivity contribution in [3.05, 3.63) is 58.7 Å². The first-order chi connectivity index (χ1) is 13.6. The van der Waals surface area contributed by atoms with Crippen LogP contribution in [0.4, 0.5) is 11.4 Å². The fraction of sp³-hybridized carbons (Fsp3) is 0.417. The monoisotopic (exact) mass is 376 g/mol. The van der Waals surface area contributed by atoms with Crippen molar-refractivity contribution >= 4 is 23.1 Å². The Balaban J connectivity index is 1.32. The lowest BCUT2D eigenvalue weighted by Crippen LogP contribution is -2.18. The van der Waals surface area contributed by atoms with Gasteiger partial charge in [-0.15, -0.1) is 0 Å². The molecule has 1 fully saturated rings. The molecule has 4 nitrogen and oxygen atoms in total. The van der Waals surface area contributed by atoms with E-state index in [-0.39, 0.29) is 24.5 Å². The molecule has 0 bridgehead atoms. The van der Waals surface area contributed by atoms with Crippen molar-refractivity contribution in [1.29, 1.82) is 0 Å². The fourth-order valence-electron chi connectivity index (χ4n) is 4.29. The Hall–Kier alpha value is -2.62. The minimum atomic E-state index is -0.105. The number of fused-ring (bicyclic) bond motifs is 1. The van der Waals surface area contributed by atoms with Crippen LogP contribution < -0.4 is 10.2 Å². The Morgan fingerprint density at radius 1 is 0.929 bits per heavy atom. The topological polar surface area (TPSA) is 49.4 Å². The Kier molecular flexibility index (Phi) is 5.47. The maximum Gasteiger partial charge on any atom is 0.224 e. The molecule has 0 aromatic heterocycles. The van der Waals surface area contributed by atoms with Gasteiger partial charge in [0.15, 0.2) is 5.78 Å². The number of benzene rings is 2. The predicted molar refractivity (Wildman–Crippen MR) is 113 cm³/mol. The second kappa shape index (κ2) is 8.17. The normalized spacial score (nSPS) is 15.5. The van der Waals surface area contributed by atoms with Gasteiger partial charge in [-0.1, -0.05) is 12.1 Å². The van der Waals surface area contributed by atoms with E-state index >= 15 is 0 Å². The molecule has 2 aromatic carbocycles. The van der Waals surface area contributed by atoms with Crippen molar-refractivity contribution in [3.63, 3.8) is 0 Å². The fourth-order valence-corrected chi connectivity index (χ4v) is 4.29. The third-order valence-electron chi connectivity index (χ3n) is 5.95. The Morgan fingerprint density at radius 3 is 2.50 bits per heavy atom. The highest BCUT2D eigenvalue weighted by atomic mass is 16.2. The minimum absolute atomic E-state index is 0.0472. The molecule has 0 radical (unpaired) electrons. The van der Waals surface area contributed by atoms with Gasteiger partial charge in [-0.2, -0.15) is 0 Å². The van der Waals surface area contributed by atoms with Gasteiger partial charge in [0.2, 0.25) is 5.91 Å². The molecule has 1 aliphatic heterocycles. The van der Waals surface area contributed by atoms with Crippen LogP contribution in [-0.4, -0.2) is 24.8 Å². The van der Waals surface area contributed by atoms with E-state index in [0.717, 1.165) is 42.7 Å². The van der Waals surface area contributed by atoms with Gasteiger partial charge in [-0.05, 0) is 80.0 Å². The summed E-state index contributed by atoms with van der Waals surface area (Å²) in [5, 5.41) is 2.97. The zero-order chi connectivity index (χ0) is 19.5. The van der Waals surface area contributed by atoms with Gasteiger partial charge < -0.3 is 10.2 Å². The van der Waals surface area contributed by atoms with Crippen LogP contribution in [0, 0.1) is 6.92 Å². The number of anilines is 2. The van der Waals surface area contributed by atoms with Crippen molar-refractivity contribution in [2.75, 3.05) is 23.3 Å². The average molecular weight is 377 g/mol. The van der Waals surface area contributed by atoms with E-state index in [4.69, 9.17) is 0 Å². The lowest BCUT2D eigenvalue weighted by atomic mass is 10.0. The summed E-state index contributed by atoms with van der Waals surface area (Å²) in [6.45, 7) is 4.23. The molecule has 0 atom stereocenters. The van der Waals surface area contributed by atoms with E-state index in [0.29, 0.717) is 0 Å². The third kappa shape index (κ3) is 4.11. The number of Topliss-reactive ketones (excluding diaryl/α,β-unsaturated/α-hetero) is 1. The van der Waals surface area contributed by atoms with E-state index in [1.165, 1.54) is 36.1 Å². The van der Waals surface area contributed by atoms with Crippen LogP contribution in [0.1, 0.15) is 59.2 Å². The number of carbonyl (C=O) groups is 2. The highest BCUT2D eigenvalue weighted by Crippen LogP contribution is 2.26. The zero-order valence-corrected chi connectivity index (χ0v) is 16.6. The highest BCUT2D eigenvalue weighted by Gasteiger charge is 2.16. The van der Waals surface area contributed by atoms with E-state index < -0.39 is 0 Å². The lowest BCUT2D eigenvalue weighted by molar-refractivity contribution is -0.116. The van der Waals surface area contributed by atoms with Gasteiger partial charge in [0.25, 0.3) is 0 Å². The second-order valence-electron chi connectivity index (χ2n) is 8.00. The molecule has 1 amide bonds. The molecule has 0 spiro atoms. The Labute approximate surface area is 166 Å². The number of hydrogen-bond donors (Lipinski definition) is 1. The number of amides is 1. The first-order valence-electron chi connectivity index (χ1n) is 10.4. The average Bonchev–Trinajstić information content (AvgIpc) is 3.38. The zero-order valence-electron chi connectivity index (χ0n) is 16.6. The molecule has 1 N–H and O–H groups in total. The van der Waals surface area contributed by atoms with Crippen molar-refractivity contribution < 1.29 is 9.59 Å². The SMILES string of the molecule is Cc1cc(N2CCCC2)ccc1NC(=O)CCC(=O)c1ccc2c(c1)CCC2. The first kappa shape index (κ1) is 18.7. The number of carbonyl (C=O) groups excluding carboxylic acids is 2. The summed E-state index contributed by atoms with van der Waals surface area (Å²) in [5.74, 6) is -0.0579. The Morgan fingerprint density at radius 2 is 1.71 bits per heavy atom. The second-order valence-corrected chi connectivity index (χ2v) is 8.00. The summed E-state index contributed by atoms with van der Waals surface area (Å²) < 4.78 is 0. The molecule has 1 heterocycles. The van der Waals surface area contributed by atoms with Gasteiger partial charge >= 0.3 is 0 Å². The summed E-state index contributed by atoms with van der Waals surface area (Å²) in [6.07, 6.45) is 6.29. The number of rotatable bonds is 6. The van der Waals surface area contributed by atoms with Gasteiger partial charge in [-0.25, -0.2) is 0 Å². The standard InChI is InChI=1S/C24H28N2O2/c1-17-15-21(26-13-2-3-14-26)9-10-22(17)25-24(28)12-11-23(27)20-8-7-18-5-4-6-19(18)16-20/h7-10,15-16H,2-6,11-14H2,1H3,(H,25,28). The molecule has 28 heavy (non-hydrogen) atoms. The first-order valence-corrected chi connectivity index (χ1v) is 10.4. The molecule has 4 rings (SSSR count). The summed E-state index contributed by atoms with van der Waals surface area (Å²) >= 11 is 0. The minimum Gasteiger partial charge on any atom is -0.372 e. The predicted octanol–water partition coefficient (Wildman–Crippen LogP) is 4.69. The summed E-state index contributed by atoms with van der Waals surface area (Å²) in [7, 11) is 0. The van der Waals surface area contributed by atoms with Gasteiger partial charge in [0, 0.05) is 42.9 Å². The van der Waals surface area contributed by atoms with Crippen LogP contribution in [0.25, 0.3) is 0 Å². The number of nitrogens with zero attached hydrogens (tertiary/aromatic N) is 1. The quantitative estimate of drug-likeness (QED) is 0.745. The summed E-state index contributed by atoms with van der Waals surface area (Å²) in [4.78, 5) is 27.2. The van der Waals surface area contributed by atoms with Gasteiger partial charge in [0.1, 0.15) is 0 Å². The molecule has 1 aliphatic carbocycles. The molecular weight excluding hydrogens is 348 g/mol. The van der Waals surface area contributed by atoms with Crippen molar-refractivity contribution in [3.8, 4) is 0 Å². The number of aryl methyl sites for hydroxylation is 3. The molecule has 4 heteroatoms. The summed E-state index contributed by atoms with van der Waals surface area (Å²) in [6, 6.07) is 12.2.